The van der Waals surface area contributed by atoms with Gasteiger partial charge in [0.15, 0.2) is 5.96 Å². The van der Waals surface area contributed by atoms with Crippen LogP contribution in [0.4, 0.5) is 0 Å². The number of aliphatic imine (C=N–C) groups is 1. The molecule has 0 amide bonds. The monoisotopic (exact) mass is 404 g/mol. The van der Waals surface area contributed by atoms with E-state index in [4.69, 9.17) is 5.73 Å². The number of hydrogen-bond donors (Lipinski definition) is 1. The van der Waals surface area contributed by atoms with Gasteiger partial charge >= 0.3 is 0 Å². The van der Waals surface area contributed by atoms with Crippen LogP contribution < -0.4 is 5.73 Å². The van der Waals surface area contributed by atoms with Gasteiger partial charge in [0.2, 0.25) is 0 Å². The van der Waals surface area contributed by atoms with Crippen molar-refractivity contribution in [2.45, 2.75) is 33.9 Å². The highest BCUT2D eigenvalue weighted by molar-refractivity contribution is 14.0. The molecular formula is C16H29IN4. The van der Waals surface area contributed by atoms with Crippen LogP contribution in [0.25, 0.3) is 0 Å². The first-order valence-corrected chi connectivity index (χ1v) is 7.41. The van der Waals surface area contributed by atoms with Crippen molar-refractivity contribution in [1.29, 1.82) is 0 Å². The van der Waals surface area contributed by atoms with Crippen LogP contribution in [0.3, 0.4) is 0 Å². The highest BCUT2D eigenvalue weighted by Crippen LogP contribution is 2.09. The molecule has 0 aromatic heterocycles. The molecule has 0 saturated carbocycles. The summed E-state index contributed by atoms with van der Waals surface area (Å²) in [6, 6.07) is 8.57. The van der Waals surface area contributed by atoms with Gasteiger partial charge in [0.05, 0.1) is 6.54 Å². The summed E-state index contributed by atoms with van der Waals surface area (Å²) in [6.07, 6.45) is 0. The Morgan fingerprint density at radius 1 is 1.10 bits per heavy atom. The normalized spacial score (nSPS) is 11.4. The van der Waals surface area contributed by atoms with E-state index >= 15 is 0 Å². The van der Waals surface area contributed by atoms with Gasteiger partial charge in [-0.05, 0) is 38.6 Å². The average molecular weight is 404 g/mol. The minimum atomic E-state index is 0. The van der Waals surface area contributed by atoms with Gasteiger partial charge in [0.1, 0.15) is 0 Å². The third-order valence-corrected chi connectivity index (χ3v) is 3.49. The van der Waals surface area contributed by atoms with Crippen molar-refractivity contribution in [3.63, 3.8) is 0 Å². The van der Waals surface area contributed by atoms with E-state index in [2.05, 4.69) is 66.9 Å². The Morgan fingerprint density at radius 3 is 2.29 bits per heavy atom. The Morgan fingerprint density at radius 2 is 1.71 bits per heavy atom. The first-order valence-electron chi connectivity index (χ1n) is 7.41. The summed E-state index contributed by atoms with van der Waals surface area (Å²) in [5, 5.41) is 0. The summed E-state index contributed by atoms with van der Waals surface area (Å²) in [7, 11) is 2.13. The fourth-order valence-corrected chi connectivity index (χ4v) is 2.07. The predicted octanol–water partition coefficient (Wildman–Crippen LogP) is 2.91. The second-order valence-electron chi connectivity index (χ2n) is 5.00. The number of rotatable bonds is 7. The zero-order valence-corrected chi connectivity index (χ0v) is 16.0. The van der Waals surface area contributed by atoms with E-state index in [0.717, 1.165) is 26.2 Å². The third-order valence-electron chi connectivity index (χ3n) is 3.49. The molecule has 0 heterocycles. The Balaban J connectivity index is 0.00000400. The van der Waals surface area contributed by atoms with Crippen molar-refractivity contribution in [1.82, 2.24) is 9.80 Å². The summed E-state index contributed by atoms with van der Waals surface area (Å²) in [4.78, 5) is 8.83. The van der Waals surface area contributed by atoms with Crippen LogP contribution in [-0.2, 0) is 13.1 Å². The van der Waals surface area contributed by atoms with Crippen LogP contribution in [0.2, 0.25) is 0 Å². The zero-order valence-electron chi connectivity index (χ0n) is 13.7. The van der Waals surface area contributed by atoms with Gasteiger partial charge in [-0.3, -0.25) is 0 Å². The van der Waals surface area contributed by atoms with Crippen molar-refractivity contribution in [2.75, 3.05) is 26.7 Å². The maximum absolute atomic E-state index is 5.99. The van der Waals surface area contributed by atoms with E-state index in [1.807, 2.05) is 0 Å². The maximum atomic E-state index is 5.99. The number of hydrogen-bond acceptors (Lipinski definition) is 2. The molecule has 0 aliphatic rings. The minimum Gasteiger partial charge on any atom is -0.370 e. The number of nitrogens with zero attached hydrogens (tertiary/aromatic N) is 3. The molecule has 0 spiro atoms. The van der Waals surface area contributed by atoms with Crippen LogP contribution in [0.5, 0.6) is 0 Å². The summed E-state index contributed by atoms with van der Waals surface area (Å²) in [6.45, 7) is 10.8. The van der Waals surface area contributed by atoms with Gasteiger partial charge < -0.3 is 15.5 Å². The third kappa shape index (κ3) is 7.13. The van der Waals surface area contributed by atoms with Crippen LogP contribution in [0, 0.1) is 0 Å². The molecule has 1 rings (SSSR count). The Labute approximate surface area is 146 Å². The molecule has 1 aromatic rings. The first-order chi connectivity index (χ1) is 9.60. The fraction of sp³-hybridized carbons (Fsp3) is 0.562. The first kappa shape index (κ1) is 20.2. The lowest BCUT2D eigenvalue weighted by Crippen LogP contribution is -2.37. The molecule has 0 bridgehead atoms. The van der Waals surface area contributed by atoms with Crippen LogP contribution in [0.15, 0.2) is 29.3 Å². The van der Waals surface area contributed by atoms with Gasteiger partial charge in [-0.15, -0.1) is 24.0 Å². The summed E-state index contributed by atoms with van der Waals surface area (Å²) in [5.41, 5.74) is 8.53. The van der Waals surface area contributed by atoms with Crippen molar-refractivity contribution in [3.8, 4) is 0 Å². The van der Waals surface area contributed by atoms with Crippen LogP contribution >= 0.6 is 24.0 Å². The standard InChI is InChI=1S/C16H28N4.HI/c1-5-19(4)13-15-10-8-9-14(11-15)12-18-16(17)20(6-2)7-3;/h8-11H,5-7,12-13H2,1-4H3,(H2,17,18);1H. The molecule has 0 saturated heterocycles. The molecule has 4 nitrogen and oxygen atoms in total. The van der Waals surface area contributed by atoms with Crippen molar-refractivity contribution in [2.24, 2.45) is 10.7 Å². The number of nitrogens with two attached hydrogens (primary N) is 1. The largest absolute Gasteiger partial charge is 0.370 e. The Kier molecular flexibility index (Phi) is 10.4. The van der Waals surface area contributed by atoms with Crippen LogP contribution in [-0.4, -0.2) is 42.4 Å². The second-order valence-corrected chi connectivity index (χ2v) is 5.00. The summed E-state index contributed by atoms with van der Waals surface area (Å²) >= 11 is 0. The molecular weight excluding hydrogens is 375 g/mol. The van der Waals surface area contributed by atoms with Crippen LogP contribution in [0.1, 0.15) is 31.9 Å². The quantitative estimate of drug-likeness (QED) is 0.432. The summed E-state index contributed by atoms with van der Waals surface area (Å²) < 4.78 is 0. The highest BCUT2D eigenvalue weighted by Gasteiger charge is 2.03. The van der Waals surface area contributed by atoms with Crippen molar-refractivity contribution < 1.29 is 0 Å². The zero-order chi connectivity index (χ0) is 15.0. The number of guanidine groups is 1. The van der Waals surface area contributed by atoms with E-state index < -0.39 is 0 Å². The minimum absolute atomic E-state index is 0. The molecule has 2 N–H and O–H groups in total. The lowest BCUT2D eigenvalue weighted by atomic mass is 10.1. The van der Waals surface area contributed by atoms with Gasteiger partial charge in [-0.25, -0.2) is 4.99 Å². The highest BCUT2D eigenvalue weighted by atomic mass is 127. The SMILES string of the molecule is CCN(C)Cc1cccc(CN=C(N)N(CC)CC)c1.I. The van der Waals surface area contributed by atoms with Gasteiger partial charge in [0, 0.05) is 19.6 Å². The maximum Gasteiger partial charge on any atom is 0.191 e. The second kappa shape index (κ2) is 10.8. The molecule has 120 valence electrons. The van der Waals surface area contributed by atoms with Gasteiger partial charge in [-0.2, -0.15) is 0 Å². The smallest absolute Gasteiger partial charge is 0.191 e. The molecule has 0 fully saturated rings. The molecule has 1 aromatic carbocycles. The molecule has 0 unspecified atom stereocenters. The number of halogens is 1. The molecule has 0 radical (unpaired) electrons. The van der Waals surface area contributed by atoms with E-state index in [0.29, 0.717) is 12.5 Å². The van der Waals surface area contributed by atoms with E-state index in [1.165, 1.54) is 11.1 Å². The molecule has 0 aliphatic carbocycles. The topological polar surface area (TPSA) is 44.9 Å². The lowest BCUT2D eigenvalue weighted by Gasteiger charge is -2.19. The van der Waals surface area contributed by atoms with E-state index in [1.54, 1.807) is 0 Å². The molecule has 5 heteroatoms. The van der Waals surface area contributed by atoms with Gasteiger partial charge in [-0.1, -0.05) is 31.2 Å². The summed E-state index contributed by atoms with van der Waals surface area (Å²) in [5.74, 6) is 0.631. The lowest BCUT2D eigenvalue weighted by molar-refractivity contribution is 0.345. The van der Waals surface area contributed by atoms with E-state index in [9.17, 15) is 0 Å². The molecule has 0 atom stereocenters. The Bertz CT molecular complexity index is 430. The molecule has 0 aliphatic heterocycles. The van der Waals surface area contributed by atoms with Crippen molar-refractivity contribution in [3.05, 3.63) is 35.4 Å². The fourth-order valence-electron chi connectivity index (χ4n) is 2.07. The van der Waals surface area contributed by atoms with Crippen molar-refractivity contribution >= 4 is 29.9 Å². The number of benzene rings is 1. The van der Waals surface area contributed by atoms with Gasteiger partial charge in [0.25, 0.3) is 0 Å². The van der Waals surface area contributed by atoms with E-state index in [-0.39, 0.29) is 24.0 Å². The Hall–Kier alpha value is -0.820. The average Bonchev–Trinajstić information content (AvgIpc) is 2.46. The predicted molar refractivity (Wildman–Crippen MR) is 102 cm³/mol. The molecule has 21 heavy (non-hydrogen) atoms.